The van der Waals surface area contributed by atoms with Crippen LogP contribution in [0, 0.1) is 18.2 Å². The summed E-state index contributed by atoms with van der Waals surface area (Å²) in [6.45, 7) is -0.826. The van der Waals surface area contributed by atoms with E-state index in [-0.39, 0.29) is 17.3 Å². The lowest BCUT2D eigenvalue weighted by Crippen LogP contribution is -2.36. The molecule has 0 fully saturated rings. The maximum Gasteiger partial charge on any atom is 0.323 e. The van der Waals surface area contributed by atoms with Crippen molar-refractivity contribution in [2.24, 2.45) is 0 Å². The average Bonchev–Trinajstić information content (AvgIpc) is 2.30. The number of halogens is 2. The SMILES string of the molecule is C#CCN(CC(=O)O)C(=O)c1cc(F)cnc1Cl. The van der Waals surface area contributed by atoms with Crippen LogP contribution in [0.3, 0.4) is 0 Å². The first-order chi connectivity index (χ1) is 8.45. The Morgan fingerprint density at radius 2 is 2.28 bits per heavy atom. The fraction of sp³-hybridized carbons (Fsp3) is 0.182. The van der Waals surface area contributed by atoms with Gasteiger partial charge in [0.1, 0.15) is 17.5 Å². The van der Waals surface area contributed by atoms with Crippen LogP contribution in [-0.2, 0) is 4.79 Å². The second kappa shape index (κ2) is 5.98. The first kappa shape index (κ1) is 13.9. The molecular formula is C11H8ClFN2O3. The number of carbonyl (C=O) groups excluding carboxylic acids is 1. The third-order valence-electron chi connectivity index (χ3n) is 1.93. The number of aromatic nitrogens is 1. The fourth-order valence-electron chi connectivity index (χ4n) is 1.22. The number of carbonyl (C=O) groups is 2. The maximum absolute atomic E-state index is 13.0. The zero-order valence-corrected chi connectivity index (χ0v) is 9.82. The number of carboxylic acids is 1. The van der Waals surface area contributed by atoms with E-state index in [4.69, 9.17) is 23.1 Å². The zero-order chi connectivity index (χ0) is 13.7. The predicted octanol–water partition coefficient (Wildman–Crippen LogP) is 1.03. The molecule has 1 amide bonds. The molecule has 0 aliphatic rings. The quantitative estimate of drug-likeness (QED) is 0.655. The molecule has 0 saturated carbocycles. The molecule has 1 N–H and O–H groups in total. The highest BCUT2D eigenvalue weighted by Gasteiger charge is 2.21. The first-order valence-corrected chi connectivity index (χ1v) is 5.09. The zero-order valence-electron chi connectivity index (χ0n) is 9.06. The average molecular weight is 271 g/mol. The summed E-state index contributed by atoms with van der Waals surface area (Å²) < 4.78 is 13.0. The number of carboxylic acid groups (broad SMARTS) is 1. The van der Waals surface area contributed by atoms with Gasteiger partial charge in [-0.1, -0.05) is 17.5 Å². The van der Waals surface area contributed by atoms with Crippen LogP contribution in [0.1, 0.15) is 10.4 Å². The van der Waals surface area contributed by atoms with Crippen LogP contribution in [0.15, 0.2) is 12.3 Å². The number of hydrogen-bond donors (Lipinski definition) is 1. The van der Waals surface area contributed by atoms with Crippen molar-refractivity contribution in [3.63, 3.8) is 0 Å². The second-order valence-corrected chi connectivity index (χ2v) is 3.61. The minimum atomic E-state index is -1.24. The van der Waals surface area contributed by atoms with Crippen LogP contribution < -0.4 is 0 Å². The highest BCUT2D eigenvalue weighted by Crippen LogP contribution is 2.16. The Hall–Kier alpha value is -2.13. The van der Waals surface area contributed by atoms with Crippen molar-refractivity contribution in [3.05, 3.63) is 28.8 Å². The minimum absolute atomic E-state index is 0.214. The van der Waals surface area contributed by atoms with Crippen molar-refractivity contribution < 1.29 is 19.1 Å². The molecule has 0 unspecified atom stereocenters. The smallest absolute Gasteiger partial charge is 0.323 e. The van der Waals surface area contributed by atoms with Crippen molar-refractivity contribution >= 4 is 23.5 Å². The Kier molecular flexibility index (Phi) is 4.63. The van der Waals surface area contributed by atoms with E-state index in [1.807, 2.05) is 0 Å². The predicted molar refractivity (Wildman–Crippen MR) is 61.6 cm³/mol. The van der Waals surface area contributed by atoms with Gasteiger partial charge >= 0.3 is 5.97 Å². The van der Waals surface area contributed by atoms with Crippen LogP contribution in [0.5, 0.6) is 0 Å². The molecule has 0 bridgehead atoms. The Morgan fingerprint density at radius 1 is 1.61 bits per heavy atom. The summed E-state index contributed by atoms with van der Waals surface area (Å²) in [5.74, 6) is -0.631. The van der Waals surface area contributed by atoms with E-state index >= 15 is 0 Å². The van der Waals surface area contributed by atoms with Crippen LogP contribution in [0.2, 0.25) is 5.15 Å². The maximum atomic E-state index is 13.0. The summed E-state index contributed by atoms with van der Waals surface area (Å²) in [4.78, 5) is 26.8. The molecule has 94 valence electrons. The number of hydrogen-bond acceptors (Lipinski definition) is 3. The van der Waals surface area contributed by atoms with Crippen LogP contribution >= 0.6 is 11.6 Å². The lowest BCUT2D eigenvalue weighted by molar-refractivity contribution is -0.137. The number of aliphatic carboxylic acids is 1. The van der Waals surface area contributed by atoms with E-state index in [2.05, 4.69) is 10.9 Å². The van der Waals surface area contributed by atoms with Gasteiger partial charge in [0.2, 0.25) is 0 Å². The van der Waals surface area contributed by atoms with Gasteiger partial charge in [0.15, 0.2) is 0 Å². The molecule has 1 aromatic heterocycles. The minimum Gasteiger partial charge on any atom is -0.480 e. The molecule has 5 nitrogen and oxygen atoms in total. The normalized spacial score (nSPS) is 9.61. The number of amides is 1. The van der Waals surface area contributed by atoms with Gasteiger partial charge in [-0.3, -0.25) is 9.59 Å². The standard InChI is InChI=1S/C11H8ClFN2O3/c1-2-3-15(6-9(16)17)11(18)8-4-7(13)5-14-10(8)12/h1,4-5H,3,6H2,(H,16,17). The van der Waals surface area contributed by atoms with Crippen molar-refractivity contribution in [2.75, 3.05) is 13.1 Å². The molecule has 1 heterocycles. The molecule has 0 aromatic carbocycles. The highest BCUT2D eigenvalue weighted by molar-refractivity contribution is 6.32. The van der Waals surface area contributed by atoms with Gasteiger partial charge in [0.25, 0.3) is 5.91 Å². The highest BCUT2D eigenvalue weighted by atomic mass is 35.5. The van der Waals surface area contributed by atoms with E-state index in [0.717, 1.165) is 17.2 Å². The summed E-state index contributed by atoms with van der Waals surface area (Å²) in [5, 5.41) is 8.43. The van der Waals surface area contributed by atoms with Gasteiger partial charge in [0, 0.05) is 0 Å². The van der Waals surface area contributed by atoms with E-state index in [1.165, 1.54) is 0 Å². The van der Waals surface area contributed by atoms with Gasteiger partial charge in [-0.15, -0.1) is 6.42 Å². The molecule has 0 radical (unpaired) electrons. The number of rotatable bonds is 4. The molecule has 0 aliphatic carbocycles. The van der Waals surface area contributed by atoms with Gasteiger partial charge in [-0.25, -0.2) is 9.37 Å². The first-order valence-electron chi connectivity index (χ1n) is 4.71. The van der Waals surface area contributed by atoms with Gasteiger partial charge in [-0.05, 0) is 6.07 Å². The van der Waals surface area contributed by atoms with Gasteiger partial charge < -0.3 is 10.0 Å². The van der Waals surface area contributed by atoms with Gasteiger partial charge in [0.05, 0.1) is 18.3 Å². The number of terminal acetylenes is 1. The summed E-state index contributed by atoms with van der Waals surface area (Å²) in [5.41, 5.74) is -0.229. The molecule has 18 heavy (non-hydrogen) atoms. The van der Waals surface area contributed by atoms with Crippen LogP contribution in [-0.4, -0.2) is 40.0 Å². The summed E-state index contributed by atoms with van der Waals surface area (Å²) >= 11 is 5.65. The van der Waals surface area contributed by atoms with Crippen molar-refractivity contribution in [2.45, 2.75) is 0 Å². The molecule has 0 aliphatic heterocycles. The molecule has 1 aromatic rings. The molecule has 0 spiro atoms. The molecular weight excluding hydrogens is 263 g/mol. The number of pyridine rings is 1. The van der Waals surface area contributed by atoms with E-state index in [1.54, 1.807) is 0 Å². The Bertz CT molecular complexity index is 528. The van der Waals surface area contributed by atoms with Crippen molar-refractivity contribution in [1.82, 2.24) is 9.88 Å². The van der Waals surface area contributed by atoms with E-state index in [0.29, 0.717) is 0 Å². The second-order valence-electron chi connectivity index (χ2n) is 3.25. The summed E-state index contributed by atoms with van der Waals surface area (Å²) in [6, 6.07) is 0.878. The lowest BCUT2D eigenvalue weighted by atomic mass is 10.2. The van der Waals surface area contributed by atoms with Gasteiger partial charge in [-0.2, -0.15) is 0 Å². The van der Waals surface area contributed by atoms with E-state index in [9.17, 15) is 14.0 Å². The Morgan fingerprint density at radius 3 is 2.83 bits per heavy atom. The van der Waals surface area contributed by atoms with Crippen LogP contribution in [0.4, 0.5) is 4.39 Å². The third kappa shape index (κ3) is 3.43. The molecule has 0 atom stereocenters. The lowest BCUT2D eigenvalue weighted by Gasteiger charge is -2.18. The monoisotopic (exact) mass is 270 g/mol. The summed E-state index contributed by atoms with van der Waals surface area (Å²) in [6.07, 6.45) is 5.88. The summed E-state index contributed by atoms with van der Waals surface area (Å²) in [7, 11) is 0. The fourth-order valence-corrected chi connectivity index (χ4v) is 1.40. The molecule has 7 heteroatoms. The third-order valence-corrected chi connectivity index (χ3v) is 2.23. The molecule has 1 rings (SSSR count). The molecule has 0 saturated heterocycles. The van der Waals surface area contributed by atoms with Crippen molar-refractivity contribution in [1.29, 1.82) is 0 Å². The van der Waals surface area contributed by atoms with Crippen molar-refractivity contribution in [3.8, 4) is 12.3 Å². The largest absolute Gasteiger partial charge is 0.480 e. The topological polar surface area (TPSA) is 70.5 Å². The number of nitrogens with zero attached hydrogens (tertiary/aromatic N) is 2. The van der Waals surface area contributed by atoms with E-state index < -0.39 is 24.2 Å². The Labute approximate surface area is 107 Å². The Balaban J connectivity index is 3.05. The van der Waals surface area contributed by atoms with Crippen LogP contribution in [0.25, 0.3) is 0 Å².